The molecule has 2 aromatic rings. The van der Waals surface area contributed by atoms with E-state index in [1.165, 1.54) is 11.2 Å². The lowest BCUT2D eigenvalue weighted by Gasteiger charge is -2.26. The number of halogens is 2. The highest BCUT2D eigenvalue weighted by atomic mass is 19.1. The summed E-state index contributed by atoms with van der Waals surface area (Å²) < 4.78 is 28.5. The van der Waals surface area contributed by atoms with Gasteiger partial charge in [0.15, 0.2) is 0 Å². The van der Waals surface area contributed by atoms with Crippen molar-refractivity contribution in [3.8, 4) is 12.3 Å². The van der Waals surface area contributed by atoms with Crippen molar-refractivity contribution in [2.75, 3.05) is 11.9 Å². The number of fused-ring (bicyclic) bond motifs is 1. The predicted molar refractivity (Wildman–Crippen MR) is 117 cm³/mol. The van der Waals surface area contributed by atoms with Crippen molar-refractivity contribution in [1.82, 2.24) is 14.9 Å². The maximum atomic E-state index is 14.6. The second kappa shape index (κ2) is 8.52. The third-order valence-electron chi connectivity index (χ3n) is 6.67. The van der Waals surface area contributed by atoms with Gasteiger partial charge < -0.3 is 15.3 Å². The smallest absolute Gasteiger partial charge is 0.273 e. The molecule has 1 aromatic heterocycles. The first kappa shape index (κ1) is 21.5. The van der Waals surface area contributed by atoms with E-state index in [9.17, 15) is 18.7 Å². The third kappa shape index (κ3) is 3.85. The average Bonchev–Trinajstić information content (AvgIpc) is 3.54. The van der Waals surface area contributed by atoms with E-state index < -0.39 is 29.7 Å². The molecule has 33 heavy (non-hydrogen) atoms. The number of likely N-dealkylation sites (tertiary alicyclic amines) is 1. The van der Waals surface area contributed by atoms with Crippen LogP contribution in [0.1, 0.15) is 48.5 Å². The SMILES string of the molecule is C#CC1C[C@H](c2cc(F)ccc2F)N(C(=O)C2=NCc3ncnc(N[C@@H]4CCC[C@H]4O)c32)C1. The molecule has 0 radical (unpaired) electrons. The molecule has 2 fully saturated rings. The van der Waals surface area contributed by atoms with Crippen LogP contribution in [-0.4, -0.2) is 50.3 Å². The molecule has 2 N–H and O–H groups in total. The van der Waals surface area contributed by atoms with E-state index in [1.54, 1.807) is 0 Å². The van der Waals surface area contributed by atoms with Crippen LogP contribution in [0.25, 0.3) is 0 Å². The summed E-state index contributed by atoms with van der Waals surface area (Å²) in [5, 5.41) is 13.5. The summed E-state index contributed by atoms with van der Waals surface area (Å²) in [6.07, 6.45) is 9.24. The summed E-state index contributed by atoms with van der Waals surface area (Å²) in [5.74, 6) is 1.19. The minimum atomic E-state index is -0.710. The Hall–Kier alpha value is -3.38. The number of anilines is 1. The first-order valence-corrected chi connectivity index (χ1v) is 11.0. The molecule has 1 aromatic carbocycles. The molecular weight excluding hydrogens is 428 g/mol. The van der Waals surface area contributed by atoms with Crippen LogP contribution in [-0.2, 0) is 11.3 Å². The van der Waals surface area contributed by atoms with E-state index in [-0.39, 0.29) is 36.3 Å². The number of hydrogen-bond donors (Lipinski definition) is 2. The predicted octanol–water partition coefficient (Wildman–Crippen LogP) is 2.61. The van der Waals surface area contributed by atoms with Crippen molar-refractivity contribution >= 4 is 17.4 Å². The third-order valence-corrected chi connectivity index (χ3v) is 6.67. The summed E-state index contributed by atoms with van der Waals surface area (Å²) in [5.41, 5.74) is 1.35. The number of rotatable bonds is 4. The quantitative estimate of drug-likeness (QED) is 0.698. The molecule has 1 aliphatic carbocycles. The van der Waals surface area contributed by atoms with E-state index in [1.807, 2.05) is 0 Å². The number of aliphatic hydroxyl groups is 1. The van der Waals surface area contributed by atoms with Gasteiger partial charge in [0.25, 0.3) is 5.91 Å². The highest BCUT2D eigenvalue weighted by Crippen LogP contribution is 2.38. The number of nitrogens with one attached hydrogen (secondary N) is 1. The molecule has 1 amide bonds. The van der Waals surface area contributed by atoms with Crippen LogP contribution in [0.4, 0.5) is 14.6 Å². The first-order valence-electron chi connectivity index (χ1n) is 11.0. The Labute approximate surface area is 190 Å². The number of aromatic nitrogens is 2. The van der Waals surface area contributed by atoms with Crippen LogP contribution in [0.3, 0.4) is 0 Å². The highest BCUT2D eigenvalue weighted by Gasteiger charge is 2.41. The zero-order valence-electron chi connectivity index (χ0n) is 17.8. The van der Waals surface area contributed by atoms with Gasteiger partial charge in [0.05, 0.1) is 36.0 Å². The summed E-state index contributed by atoms with van der Waals surface area (Å²) in [6.45, 7) is 0.425. The molecule has 4 atom stereocenters. The molecule has 1 unspecified atom stereocenters. The molecule has 1 saturated heterocycles. The first-order chi connectivity index (χ1) is 16.0. The summed E-state index contributed by atoms with van der Waals surface area (Å²) in [4.78, 5) is 28.2. The normalized spacial score (nSPS) is 26.1. The number of aliphatic imine (C=N–C) groups is 1. The second-order valence-corrected chi connectivity index (χ2v) is 8.70. The lowest BCUT2D eigenvalue weighted by atomic mass is 9.99. The lowest BCUT2D eigenvalue weighted by Crippen LogP contribution is -2.38. The Morgan fingerprint density at radius 3 is 2.88 bits per heavy atom. The fraction of sp³-hybridized carbons (Fsp3) is 0.417. The Bertz CT molecular complexity index is 1180. The van der Waals surface area contributed by atoms with Gasteiger partial charge >= 0.3 is 0 Å². The standard InChI is InChI=1S/C24H23F2N5O2/c1-2-13-8-19(15-9-14(25)6-7-16(15)26)31(11-13)24(33)22-21-18(10-27-22)28-12-29-23(21)30-17-4-3-5-20(17)32/h1,6-7,9,12-13,17,19-20,32H,3-5,8,10-11H2,(H,28,29,30)/t13?,17-,19-,20-/m1/s1. The van der Waals surface area contributed by atoms with Crippen LogP contribution >= 0.6 is 0 Å². The van der Waals surface area contributed by atoms with Crippen molar-refractivity contribution in [2.24, 2.45) is 10.9 Å². The van der Waals surface area contributed by atoms with Gasteiger partial charge in [-0.25, -0.2) is 18.7 Å². The Morgan fingerprint density at radius 2 is 2.12 bits per heavy atom. The van der Waals surface area contributed by atoms with Crippen molar-refractivity contribution in [3.63, 3.8) is 0 Å². The Kier molecular flexibility index (Phi) is 5.54. The number of aliphatic hydroxyl groups excluding tert-OH is 1. The topological polar surface area (TPSA) is 90.7 Å². The molecule has 0 bridgehead atoms. The van der Waals surface area contributed by atoms with Crippen molar-refractivity contribution in [2.45, 2.75) is 50.4 Å². The van der Waals surface area contributed by atoms with Gasteiger partial charge in [0.1, 0.15) is 29.5 Å². The van der Waals surface area contributed by atoms with E-state index in [4.69, 9.17) is 6.42 Å². The fourth-order valence-corrected chi connectivity index (χ4v) is 4.97. The molecule has 3 heterocycles. The number of hydrogen-bond acceptors (Lipinski definition) is 6. The monoisotopic (exact) mass is 451 g/mol. The number of amides is 1. The maximum absolute atomic E-state index is 14.6. The molecule has 0 spiro atoms. The Balaban J connectivity index is 1.48. The molecule has 2 aliphatic heterocycles. The van der Waals surface area contributed by atoms with Gasteiger partial charge in [-0.2, -0.15) is 0 Å². The van der Waals surface area contributed by atoms with Gasteiger partial charge in [-0.15, -0.1) is 12.3 Å². The van der Waals surface area contributed by atoms with Crippen LogP contribution in [0.5, 0.6) is 0 Å². The number of nitrogens with zero attached hydrogens (tertiary/aromatic N) is 4. The minimum absolute atomic E-state index is 0.0941. The number of terminal acetylenes is 1. The molecule has 7 nitrogen and oxygen atoms in total. The zero-order valence-corrected chi connectivity index (χ0v) is 17.8. The van der Waals surface area contributed by atoms with E-state index in [0.717, 1.165) is 31.0 Å². The average molecular weight is 451 g/mol. The molecule has 5 rings (SSSR count). The number of carbonyl (C=O) groups excluding carboxylic acids is 1. The molecule has 3 aliphatic rings. The van der Waals surface area contributed by atoms with Gasteiger partial charge in [-0.1, -0.05) is 0 Å². The highest BCUT2D eigenvalue weighted by molar-refractivity contribution is 6.47. The van der Waals surface area contributed by atoms with Gasteiger partial charge in [-0.3, -0.25) is 9.79 Å². The maximum Gasteiger partial charge on any atom is 0.273 e. The van der Waals surface area contributed by atoms with E-state index in [0.29, 0.717) is 29.9 Å². The Morgan fingerprint density at radius 1 is 1.27 bits per heavy atom. The van der Waals surface area contributed by atoms with Gasteiger partial charge in [0, 0.05) is 18.0 Å². The van der Waals surface area contributed by atoms with Crippen LogP contribution < -0.4 is 5.32 Å². The molecule has 170 valence electrons. The summed E-state index contributed by atoms with van der Waals surface area (Å²) >= 11 is 0. The number of benzene rings is 1. The largest absolute Gasteiger partial charge is 0.391 e. The summed E-state index contributed by atoms with van der Waals surface area (Å²) in [7, 11) is 0. The second-order valence-electron chi connectivity index (χ2n) is 8.70. The van der Waals surface area contributed by atoms with E-state index >= 15 is 0 Å². The van der Waals surface area contributed by atoms with Crippen molar-refractivity contribution in [1.29, 1.82) is 0 Å². The number of carbonyl (C=O) groups is 1. The molecule has 1 saturated carbocycles. The van der Waals surface area contributed by atoms with Gasteiger partial charge in [-0.05, 0) is 43.9 Å². The van der Waals surface area contributed by atoms with Crippen molar-refractivity contribution in [3.05, 3.63) is 53.0 Å². The fourth-order valence-electron chi connectivity index (χ4n) is 4.97. The summed E-state index contributed by atoms with van der Waals surface area (Å²) in [6, 6.07) is 2.33. The zero-order chi connectivity index (χ0) is 23.1. The van der Waals surface area contributed by atoms with Crippen LogP contribution in [0.15, 0.2) is 29.5 Å². The minimum Gasteiger partial charge on any atom is -0.391 e. The molecular formula is C24H23F2N5O2. The molecule has 9 heteroatoms. The van der Waals surface area contributed by atoms with Crippen LogP contribution in [0.2, 0.25) is 0 Å². The van der Waals surface area contributed by atoms with Gasteiger partial charge in [0.2, 0.25) is 0 Å². The van der Waals surface area contributed by atoms with E-state index in [2.05, 4.69) is 26.2 Å². The lowest BCUT2D eigenvalue weighted by molar-refractivity contribution is -0.125. The van der Waals surface area contributed by atoms with Crippen molar-refractivity contribution < 1.29 is 18.7 Å². The van der Waals surface area contributed by atoms with Crippen LogP contribution in [0, 0.1) is 29.9 Å².